The number of nitrogens with two attached hydrogens (primary N) is 1. The van der Waals surface area contributed by atoms with Gasteiger partial charge in [-0.3, -0.25) is 0 Å². The second-order valence-corrected chi connectivity index (χ2v) is 7.09. The van der Waals surface area contributed by atoms with Crippen molar-refractivity contribution in [1.29, 1.82) is 0 Å². The Kier molecular flexibility index (Phi) is 5.00. The van der Waals surface area contributed by atoms with Gasteiger partial charge in [0.25, 0.3) is 0 Å². The average Bonchev–Trinajstić information content (AvgIpc) is 3.22. The van der Waals surface area contributed by atoms with Crippen LogP contribution in [0, 0.1) is 6.92 Å². The summed E-state index contributed by atoms with van der Waals surface area (Å²) in [6, 6.07) is 0. The highest BCUT2D eigenvalue weighted by atomic mass is 32.2. The van der Waals surface area contributed by atoms with Gasteiger partial charge in [0.2, 0.25) is 10.0 Å². The van der Waals surface area contributed by atoms with Crippen LogP contribution in [0.1, 0.15) is 43.5 Å². The van der Waals surface area contributed by atoms with E-state index in [4.69, 9.17) is 5.14 Å². The molecular formula is C13H23N5O2S. The number of anilines is 2. The number of rotatable bonds is 8. The zero-order valence-electron chi connectivity index (χ0n) is 12.5. The van der Waals surface area contributed by atoms with Crippen LogP contribution in [0.4, 0.5) is 11.6 Å². The fourth-order valence-electron chi connectivity index (χ4n) is 2.05. The van der Waals surface area contributed by atoms with Crippen LogP contribution in [-0.2, 0) is 10.0 Å². The molecule has 0 amide bonds. The number of hydrogen-bond donors (Lipinski definition) is 3. The molecule has 0 radical (unpaired) electrons. The highest BCUT2D eigenvalue weighted by molar-refractivity contribution is 7.89. The van der Waals surface area contributed by atoms with E-state index < -0.39 is 10.0 Å². The number of primary sulfonamides is 1. The zero-order chi connectivity index (χ0) is 15.5. The van der Waals surface area contributed by atoms with E-state index >= 15 is 0 Å². The van der Waals surface area contributed by atoms with E-state index in [-0.39, 0.29) is 5.75 Å². The second kappa shape index (κ2) is 6.57. The predicted octanol–water partition coefficient (Wildman–Crippen LogP) is 1.18. The molecule has 2 rings (SSSR count). The topological polar surface area (TPSA) is 110 Å². The monoisotopic (exact) mass is 313 g/mol. The summed E-state index contributed by atoms with van der Waals surface area (Å²) < 4.78 is 21.8. The van der Waals surface area contributed by atoms with Crippen LogP contribution in [0.25, 0.3) is 0 Å². The van der Waals surface area contributed by atoms with Gasteiger partial charge in [-0.2, -0.15) is 0 Å². The normalized spacial score (nSPS) is 15.0. The third kappa shape index (κ3) is 4.82. The van der Waals surface area contributed by atoms with Gasteiger partial charge in [-0.1, -0.05) is 0 Å². The highest BCUT2D eigenvalue weighted by Gasteiger charge is 2.28. The van der Waals surface area contributed by atoms with Crippen molar-refractivity contribution in [3.63, 3.8) is 0 Å². The first kappa shape index (κ1) is 16.0. The van der Waals surface area contributed by atoms with Crippen molar-refractivity contribution in [1.82, 2.24) is 9.97 Å². The summed E-state index contributed by atoms with van der Waals surface area (Å²) >= 11 is 0. The van der Waals surface area contributed by atoms with Crippen molar-refractivity contribution in [3.05, 3.63) is 11.4 Å². The first-order valence-corrected chi connectivity index (χ1v) is 8.99. The van der Waals surface area contributed by atoms with Gasteiger partial charge in [0.05, 0.1) is 5.75 Å². The van der Waals surface area contributed by atoms with Crippen LogP contribution >= 0.6 is 0 Å². The summed E-state index contributed by atoms with van der Waals surface area (Å²) in [5.74, 6) is 2.93. The van der Waals surface area contributed by atoms with Gasteiger partial charge < -0.3 is 10.6 Å². The summed E-state index contributed by atoms with van der Waals surface area (Å²) in [5, 5.41) is 11.4. The number of sulfonamides is 1. The van der Waals surface area contributed by atoms with Crippen LogP contribution in [-0.4, -0.2) is 37.2 Å². The number of nitrogens with one attached hydrogen (secondary N) is 2. The molecule has 0 unspecified atom stereocenters. The van der Waals surface area contributed by atoms with E-state index in [9.17, 15) is 8.42 Å². The minimum atomic E-state index is -3.40. The van der Waals surface area contributed by atoms with Crippen molar-refractivity contribution < 1.29 is 8.42 Å². The molecule has 1 aromatic heterocycles. The molecule has 0 bridgehead atoms. The minimum absolute atomic E-state index is 0.0281. The van der Waals surface area contributed by atoms with E-state index in [2.05, 4.69) is 20.6 Å². The molecule has 0 spiro atoms. The lowest BCUT2D eigenvalue weighted by Gasteiger charge is -2.14. The summed E-state index contributed by atoms with van der Waals surface area (Å²) in [4.78, 5) is 9.14. The molecule has 8 heteroatoms. The fourth-order valence-corrected chi connectivity index (χ4v) is 2.60. The molecule has 0 atom stereocenters. The lowest BCUT2D eigenvalue weighted by atomic mass is 10.2. The van der Waals surface area contributed by atoms with Crippen LogP contribution in [0.15, 0.2) is 0 Å². The van der Waals surface area contributed by atoms with Crippen LogP contribution in [0.3, 0.4) is 0 Å². The van der Waals surface area contributed by atoms with E-state index in [1.165, 1.54) is 0 Å². The highest BCUT2D eigenvalue weighted by Crippen LogP contribution is 2.39. The van der Waals surface area contributed by atoms with E-state index in [1.807, 2.05) is 13.8 Å². The molecule has 0 aliphatic heterocycles. The smallest absolute Gasteiger partial charge is 0.209 e. The Bertz CT molecular complexity index is 599. The molecule has 1 aromatic rings. The Hall–Kier alpha value is -1.41. The number of aromatic nitrogens is 2. The molecule has 7 nitrogen and oxygen atoms in total. The second-order valence-electron chi connectivity index (χ2n) is 5.36. The first-order chi connectivity index (χ1) is 9.90. The quantitative estimate of drug-likeness (QED) is 0.622. The first-order valence-electron chi connectivity index (χ1n) is 7.27. The van der Waals surface area contributed by atoms with Crippen molar-refractivity contribution in [2.75, 3.05) is 29.5 Å². The Balaban J connectivity index is 2.06. The Morgan fingerprint density at radius 3 is 2.38 bits per heavy atom. The maximum Gasteiger partial charge on any atom is 0.209 e. The van der Waals surface area contributed by atoms with Crippen molar-refractivity contribution in [3.8, 4) is 0 Å². The molecule has 21 heavy (non-hydrogen) atoms. The van der Waals surface area contributed by atoms with Crippen molar-refractivity contribution in [2.45, 2.75) is 39.0 Å². The maximum atomic E-state index is 10.9. The molecule has 118 valence electrons. The van der Waals surface area contributed by atoms with E-state index in [0.717, 1.165) is 42.4 Å². The molecular weight excluding hydrogens is 290 g/mol. The van der Waals surface area contributed by atoms with Gasteiger partial charge in [0.1, 0.15) is 17.5 Å². The molecule has 1 saturated carbocycles. The van der Waals surface area contributed by atoms with Gasteiger partial charge in [0.15, 0.2) is 0 Å². The Morgan fingerprint density at radius 1 is 1.24 bits per heavy atom. The molecule has 1 aliphatic carbocycles. The van der Waals surface area contributed by atoms with Crippen LogP contribution < -0.4 is 15.8 Å². The number of hydrogen-bond acceptors (Lipinski definition) is 6. The van der Waals surface area contributed by atoms with Gasteiger partial charge in [0, 0.05) is 24.6 Å². The van der Waals surface area contributed by atoms with Gasteiger partial charge in [-0.15, -0.1) is 0 Å². The minimum Gasteiger partial charge on any atom is -0.370 e. The summed E-state index contributed by atoms with van der Waals surface area (Å²) in [5.41, 5.74) is 0.955. The van der Waals surface area contributed by atoms with Crippen molar-refractivity contribution in [2.24, 2.45) is 5.14 Å². The fraction of sp³-hybridized carbons (Fsp3) is 0.692. The standard InChI is InChI=1S/C13H23N5O2S/c1-3-15-11-9(2)12(16-7-4-8-21(14,19)20)18-13(17-11)10-5-6-10/h10H,3-8H2,1-2H3,(H2,14,19,20)(H2,15,16,17,18). The van der Waals surface area contributed by atoms with Crippen LogP contribution in [0.2, 0.25) is 0 Å². The van der Waals surface area contributed by atoms with Gasteiger partial charge in [-0.05, 0) is 33.1 Å². The largest absolute Gasteiger partial charge is 0.370 e. The zero-order valence-corrected chi connectivity index (χ0v) is 13.3. The lowest BCUT2D eigenvalue weighted by molar-refractivity contribution is 0.595. The van der Waals surface area contributed by atoms with Crippen LogP contribution in [0.5, 0.6) is 0 Å². The van der Waals surface area contributed by atoms with Crippen molar-refractivity contribution >= 4 is 21.7 Å². The molecule has 0 aromatic carbocycles. The summed E-state index contributed by atoms with van der Waals surface area (Å²) in [6.45, 7) is 5.30. The Labute approximate surface area is 125 Å². The SMILES string of the molecule is CCNc1nc(C2CC2)nc(NCCCS(N)(=O)=O)c1C. The molecule has 1 aliphatic rings. The molecule has 1 heterocycles. The molecule has 4 N–H and O–H groups in total. The molecule has 1 fully saturated rings. The third-order valence-corrected chi connectivity index (χ3v) is 4.21. The third-order valence-electron chi connectivity index (χ3n) is 3.35. The summed E-state index contributed by atoms with van der Waals surface area (Å²) in [6.07, 6.45) is 2.73. The molecule has 0 saturated heterocycles. The predicted molar refractivity (Wildman–Crippen MR) is 84.0 cm³/mol. The summed E-state index contributed by atoms with van der Waals surface area (Å²) in [7, 11) is -3.40. The van der Waals surface area contributed by atoms with E-state index in [1.54, 1.807) is 0 Å². The van der Waals surface area contributed by atoms with Gasteiger partial charge >= 0.3 is 0 Å². The Morgan fingerprint density at radius 2 is 1.86 bits per heavy atom. The average molecular weight is 313 g/mol. The lowest BCUT2D eigenvalue weighted by Crippen LogP contribution is -2.19. The number of nitrogens with zero attached hydrogens (tertiary/aromatic N) is 2. The van der Waals surface area contributed by atoms with Gasteiger partial charge in [-0.25, -0.2) is 23.5 Å². The maximum absolute atomic E-state index is 10.9. The van der Waals surface area contributed by atoms with E-state index in [0.29, 0.717) is 18.9 Å².